The second-order valence-electron chi connectivity index (χ2n) is 9.11. The second-order valence-corrected chi connectivity index (χ2v) is 9.11. The Hall–Kier alpha value is -3.62. The number of carbonyl (C=O) groups is 2. The van der Waals surface area contributed by atoms with Crippen LogP contribution in [0.1, 0.15) is 41.0 Å². The summed E-state index contributed by atoms with van der Waals surface area (Å²) in [5.41, 5.74) is 0.180. The number of hydrogen-bond acceptors (Lipinski definition) is 5. The van der Waals surface area contributed by atoms with Crippen molar-refractivity contribution in [2.45, 2.75) is 52.7 Å². The van der Waals surface area contributed by atoms with Gasteiger partial charge in [0.2, 0.25) is 5.91 Å². The van der Waals surface area contributed by atoms with Gasteiger partial charge in [0.05, 0.1) is 5.39 Å². The van der Waals surface area contributed by atoms with E-state index in [2.05, 4.69) is 20.6 Å². The van der Waals surface area contributed by atoms with Gasteiger partial charge < -0.3 is 25.1 Å². The number of fused-ring (bicyclic) bond motifs is 1. The summed E-state index contributed by atoms with van der Waals surface area (Å²) >= 11 is 0. The molecular weight excluding hydrogens is 427 g/mol. The van der Waals surface area contributed by atoms with Crippen LogP contribution in [0.2, 0.25) is 0 Å². The van der Waals surface area contributed by atoms with Gasteiger partial charge in [-0.25, -0.2) is 14.2 Å². The monoisotopic (exact) mass is 456 g/mol. The quantitative estimate of drug-likeness (QED) is 0.443. The predicted molar refractivity (Wildman–Crippen MR) is 124 cm³/mol. The van der Waals surface area contributed by atoms with E-state index in [9.17, 15) is 14.0 Å². The molecule has 2 amide bonds. The minimum Gasteiger partial charge on any atom is -0.453 e. The Labute approximate surface area is 191 Å². The Morgan fingerprint density at radius 3 is 2.58 bits per heavy atom. The summed E-state index contributed by atoms with van der Waals surface area (Å²) < 4.78 is 25.7. The Morgan fingerprint density at radius 1 is 1.15 bits per heavy atom. The molecule has 8 nitrogen and oxygen atoms in total. The number of halogens is 1. The van der Waals surface area contributed by atoms with Crippen molar-refractivity contribution >= 4 is 28.7 Å². The molecule has 3 rings (SSSR count). The van der Waals surface area contributed by atoms with Gasteiger partial charge in [-0.2, -0.15) is 0 Å². The number of carbonyl (C=O) groups excluding carboxylic acids is 2. The first-order valence-electron chi connectivity index (χ1n) is 10.7. The van der Waals surface area contributed by atoms with E-state index in [4.69, 9.17) is 9.47 Å². The smallest absolute Gasteiger partial charge is 0.408 e. The predicted octanol–water partition coefficient (Wildman–Crippen LogP) is 5.37. The summed E-state index contributed by atoms with van der Waals surface area (Å²) in [7, 11) is 0. The topological polar surface area (TPSA) is 105 Å². The maximum absolute atomic E-state index is 14.7. The molecule has 3 aromatic rings. The van der Waals surface area contributed by atoms with Gasteiger partial charge in [-0.05, 0) is 57.4 Å². The molecule has 1 atom stereocenters. The molecule has 0 aliphatic heterocycles. The van der Waals surface area contributed by atoms with Crippen molar-refractivity contribution in [1.82, 2.24) is 15.3 Å². The van der Waals surface area contributed by atoms with Crippen molar-refractivity contribution in [1.29, 1.82) is 0 Å². The zero-order valence-electron chi connectivity index (χ0n) is 19.4. The van der Waals surface area contributed by atoms with Crippen LogP contribution in [0.15, 0.2) is 42.7 Å². The highest BCUT2D eigenvalue weighted by molar-refractivity contribution is 5.96. The van der Waals surface area contributed by atoms with E-state index < -0.39 is 29.5 Å². The second kappa shape index (κ2) is 9.89. The van der Waals surface area contributed by atoms with Crippen molar-refractivity contribution < 1.29 is 23.5 Å². The average Bonchev–Trinajstić information content (AvgIpc) is 3.17. The Kier molecular flexibility index (Phi) is 7.20. The molecular formula is C24H29FN4O4. The minimum atomic E-state index is -0.836. The van der Waals surface area contributed by atoms with Crippen molar-refractivity contribution in [2.24, 2.45) is 5.92 Å². The number of nitrogens with zero attached hydrogens (tertiary/aromatic N) is 1. The minimum absolute atomic E-state index is 0.00677. The summed E-state index contributed by atoms with van der Waals surface area (Å²) in [4.78, 5) is 32.1. The van der Waals surface area contributed by atoms with Crippen LogP contribution in [0.5, 0.6) is 11.5 Å². The van der Waals surface area contributed by atoms with Gasteiger partial charge in [-0.3, -0.25) is 4.79 Å². The molecule has 0 radical (unpaired) electrons. The van der Waals surface area contributed by atoms with Gasteiger partial charge in [0.15, 0.2) is 11.6 Å². The van der Waals surface area contributed by atoms with Gasteiger partial charge in [0, 0.05) is 24.1 Å². The highest BCUT2D eigenvalue weighted by Gasteiger charge is 2.25. The first-order chi connectivity index (χ1) is 15.5. The number of aromatic amines is 1. The summed E-state index contributed by atoms with van der Waals surface area (Å²) in [6.45, 7) is 9.09. The van der Waals surface area contributed by atoms with E-state index in [1.165, 1.54) is 18.2 Å². The number of nitrogens with one attached hydrogen (secondary N) is 3. The molecule has 3 N–H and O–H groups in total. The van der Waals surface area contributed by atoms with Crippen LogP contribution in [0.25, 0.3) is 11.0 Å². The van der Waals surface area contributed by atoms with Crippen LogP contribution in [0.3, 0.4) is 0 Å². The summed E-state index contributed by atoms with van der Waals surface area (Å²) in [6.07, 6.45) is 2.99. The SMILES string of the molecule is CC(C)CC(NC(=O)OC(C)(C)C)C(=O)Nc1ccc(Oc2ccnc3[nH]ccc23)c(F)c1. The molecule has 0 bridgehead atoms. The van der Waals surface area contributed by atoms with Crippen molar-refractivity contribution in [3.63, 3.8) is 0 Å². The molecule has 2 heterocycles. The van der Waals surface area contributed by atoms with Gasteiger partial charge in [-0.15, -0.1) is 0 Å². The normalized spacial score (nSPS) is 12.5. The number of H-pyrrole nitrogens is 1. The first kappa shape index (κ1) is 24.0. The number of hydrogen-bond donors (Lipinski definition) is 3. The van der Waals surface area contributed by atoms with E-state index >= 15 is 0 Å². The lowest BCUT2D eigenvalue weighted by atomic mass is 10.0. The maximum atomic E-state index is 14.7. The van der Waals surface area contributed by atoms with Crippen LogP contribution in [0.4, 0.5) is 14.9 Å². The number of pyridine rings is 1. The van der Waals surface area contributed by atoms with Gasteiger partial charge in [0.1, 0.15) is 23.0 Å². The highest BCUT2D eigenvalue weighted by atomic mass is 19.1. The van der Waals surface area contributed by atoms with Crippen LogP contribution in [-0.2, 0) is 9.53 Å². The fourth-order valence-corrected chi connectivity index (χ4v) is 3.19. The molecule has 0 saturated heterocycles. The number of benzene rings is 1. The average molecular weight is 457 g/mol. The number of aromatic nitrogens is 2. The summed E-state index contributed by atoms with van der Waals surface area (Å²) in [5, 5.41) is 5.97. The third-order valence-corrected chi connectivity index (χ3v) is 4.55. The largest absolute Gasteiger partial charge is 0.453 e. The molecule has 9 heteroatoms. The Bertz CT molecular complexity index is 1140. The molecule has 1 unspecified atom stereocenters. The lowest BCUT2D eigenvalue weighted by Crippen LogP contribution is -2.46. The van der Waals surface area contributed by atoms with Crippen LogP contribution in [0, 0.1) is 11.7 Å². The zero-order chi connectivity index (χ0) is 24.2. The van der Waals surface area contributed by atoms with E-state index in [-0.39, 0.29) is 17.4 Å². The van der Waals surface area contributed by atoms with E-state index in [0.717, 1.165) is 5.39 Å². The summed E-state index contributed by atoms with van der Waals surface area (Å²) in [5.74, 6) is -0.517. The summed E-state index contributed by atoms with van der Waals surface area (Å²) in [6, 6.07) is 6.73. The zero-order valence-corrected chi connectivity index (χ0v) is 19.4. The Balaban J connectivity index is 1.70. The van der Waals surface area contributed by atoms with Crippen LogP contribution in [-0.4, -0.2) is 33.6 Å². The van der Waals surface area contributed by atoms with E-state index in [1.807, 2.05) is 13.8 Å². The molecule has 0 saturated carbocycles. The fourth-order valence-electron chi connectivity index (χ4n) is 3.19. The molecule has 176 valence electrons. The lowest BCUT2D eigenvalue weighted by Gasteiger charge is -2.24. The van der Waals surface area contributed by atoms with Crippen LogP contribution >= 0.6 is 0 Å². The third kappa shape index (κ3) is 6.68. The molecule has 2 aromatic heterocycles. The van der Waals surface area contributed by atoms with Crippen molar-refractivity contribution in [2.75, 3.05) is 5.32 Å². The highest BCUT2D eigenvalue weighted by Crippen LogP contribution is 2.31. The fraction of sp³-hybridized carbons (Fsp3) is 0.375. The van der Waals surface area contributed by atoms with E-state index in [1.54, 1.807) is 45.3 Å². The third-order valence-electron chi connectivity index (χ3n) is 4.55. The van der Waals surface area contributed by atoms with Crippen molar-refractivity contribution in [3.05, 3.63) is 48.5 Å². The van der Waals surface area contributed by atoms with Crippen molar-refractivity contribution in [3.8, 4) is 11.5 Å². The lowest BCUT2D eigenvalue weighted by molar-refractivity contribution is -0.118. The number of rotatable bonds is 7. The number of ether oxygens (including phenoxy) is 2. The van der Waals surface area contributed by atoms with Gasteiger partial charge in [0.25, 0.3) is 0 Å². The number of alkyl carbamates (subject to hydrolysis) is 1. The molecule has 0 fully saturated rings. The number of amides is 2. The van der Waals surface area contributed by atoms with Gasteiger partial charge >= 0.3 is 6.09 Å². The maximum Gasteiger partial charge on any atom is 0.408 e. The molecule has 1 aromatic carbocycles. The molecule has 0 aliphatic carbocycles. The molecule has 0 aliphatic rings. The van der Waals surface area contributed by atoms with Crippen LogP contribution < -0.4 is 15.4 Å². The first-order valence-corrected chi connectivity index (χ1v) is 10.7. The molecule has 33 heavy (non-hydrogen) atoms. The number of anilines is 1. The standard InChI is InChI=1S/C24H29FN4O4/c1-14(2)12-18(29-23(31)33-24(3,4)5)22(30)28-15-6-7-20(17(25)13-15)32-19-9-11-27-21-16(19)8-10-26-21/h6-11,13-14,18H,12H2,1-5H3,(H,26,27)(H,28,30)(H,29,31). The molecule has 0 spiro atoms. The van der Waals surface area contributed by atoms with E-state index in [0.29, 0.717) is 17.8 Å². The Morgan fingerprint density at radius 2 is 1.91 bits per heavy atom. The van der Waals surface area contributed by atoms with Gasteiger partial charge in [-0.1, -0.05) is 13.8 Å².